The van der Waals surface area contributed by atoms with E-state index in [9.17, 15) is 39.5 Å². The van der Waals surface area contributed by atoms with Crippen molar-refractivity contribution in [2.75, 3.05) is 13.2 Å². The van der Waals surface area contributed by atoms with Gasteiger partial charge in [-0.1, -0.05) is 12.1 Å². The molecule has 2 nitrogen and oxygen atoms in total. The van der Waals surface area contributed by atoms with Gasteiger partial charge in [0.25, 0.3) is 0 Å². The minimum atomic E-state index is -5.71. The molecule has 0 spiro atoms. The summed E-state index contributed by atoms with van der Waals surface area (Å²) in [5.41, 5.74) is -3.06. The van der Waals surface area contributed by atoms with E-state index in [4.69, 9.17) is 4.74 Å². The van der Waals surface area contributed by atoms with Gasteiger partial charge < -0.3 is 9.47 Å². The van der Waals surface area contributed by atoms with E-state index in [1.807, 2.05) is 0 Å². The van der Waals surface area contributed by atoms with Crippen LogP contribution in [0.5, 0.6) is 0 Å². The fourth-order valence-corrected chi connectivity index (χ4v) is 1.99. The van der Waals surface area contributed by atoms with Crippen LogP contribution in [0.3, 0.4) is 0 Å². The van der Waals surface area contributed by atoms with Crippen LogP contribution in [0.15, 0.2) is 24.3 Å². The second-order valence-corrected chi connectivity index (χ2v) is 5.14. The highest BCUT2D eigenvalue weighted by Gasteiger charge is 2.60. The third kappa shape index (κ3) is 4.12. The fraction of sp³-hybridized carbons (Fsp3) is 0.538. The SMILES string of the molecule is FC(F)(F)c1cccc(C2(COC(C(F)(F)F)C(F)(F)F)CO2)c1. The van der Waals surface area contributed by atoms with Crippen molar-refractivity contribution >= 4 is 0 Å². The summed E-state index contributed by atoms with van der Waals surface area (Å²) in [6, 6.07) is 3.41. The van der Waals surface area contributed by atoms with E-state index in [1.165, 1.54) is 0 Å². The lowest BCUT2D eigenvalue weighted by atomic mass is 9.98. The Kier molecular flexibility index (Phi) is 4.55. The Bertz CT molecular complexity index is 570. The third-order valence-corrected chi connectivity index (χ3v) is 3.29. The molecule has 0 aromatic heterocycles. The van der Waals surface area contributed by atoms with Gasteiger partial charge in [-0.05, 0) is 17.7 Å². The van der Waals surface area contributed by atoms with Gasteiger partial charge in [0.05, 0.1) is 18.8 Å². The molecule has 0 N–H and O–H groups in total. The molecule has 1 unspecified atom stereocenters. The second-order valence-electron chi connectivity index (χ2n) is 5.14. The summed E-state index contributed by atoms with van der Waals surface area (Å²) in [6.45, 7) is -1.53. The number of benzene rings is 1. The fourth-order valence-electron chi connectivity index (χ4n) is 1.99. The van der Waals surface area contributed by atoms with Crippen LogP contribution in [0.25, 0.3) is 0 Å². The molecule has 1 aromatic rings. The van der Waals surface area contributed by atoms with Crippen molar-refractivity contribution in [2.24, 2.45) is 0 Å². The van der Waals surface area contributed by atoms with Crippen LogP contribution in [-0.4, -0.2) is 31.7 Å². The molecule has 0 bridgehead atoms. The molecule has 1 saturated heterocycles. The van der Waals surface area contributed by atoms with E-state index in [1.54, 1.807) is 0 Å². The Balaban J connectivity index is 2.18. The summed E-state index contributed by atoms with van der Waals surface area (Å²) in [4.78, 5) is 0. The van der Waals surface area contributed by atoms with Crippen LogP contribution in [-0.2, 0) is 21.3 Å². The molecule has 0 aliphatic carbocycles. The zero-order valence-electron chi connectivity index (χ0n) is 11.5. The smallest absolute Gasteiger partial charge is 0.362 e. The Hall–Kier alpha value is -1.49. The number of halogens is 9. The van der Waals surface area contributed by atoms with Gasteiger partial charge in [-0.3, -0.25) is 0 Å². The summed E-state index contributed by atoms with van der Waals surface area (Å²) < 4.78 is 121. The van der Waals surface area contributed by atoms with Crippen LogP contribution in [0.2, 0.25) is 0 Å². The van der Waals surface area contributed by atoms with Crippen molar-refractivity contribution in [1.29, 1.82) is 0 Å². The molecule has 136 valence electrons. The monoisotopic (exact) mass is 368 g/mol. The van der Waals surface area contributed by atoms with E-state index in [2.05, 4.69) is 4.74 Å². The molecule has 1 heterocycles. The molecular weight excluding hydrogens is 359 g/mol. The number of hydrogen-bond acceptors (Lipinski definition) is 2. The van der Waals surface area contributed by atoms with Crippen molar-refractivity contribution in [2.45, 2.75) is 30.2 Å². The van der Waals surface area contributed by atoms with E-state index >= 15 is 0 Å². The lowest BCUT2D eigenvalue weighted by Gasteiger charge is -2.25. The highest BCUT2D eigenvalue weighted by molar-refractivity contribution is 5.33. The van der Waals surface area contributed by atoms with Gasteiger partial charge in [0, 0.05) is 0 Å². The highest BCUT2D eigenvalue weighted by atomic mass is 19.4. The summed E-state index contributed by atoms with van der Waals surface area (Å²) in [6.07, 6.45) is -20.2. The average Bonchev–Trinajstić information content (AvgIpc) is 3.16. The molecule has 1 atom stereocenters. The molecule has 1 aliphatic heterocycles. The molecular formula is C13H9F9O2. The van der Waals surface area contributed by atoms with Gasteiger partial charge in [-0.15, -0.1) is 0 Å². The number of alkyl halides is 9. The Morgan fingerprint density at radius 2 is 1.54 bits per heavy atom. The van der Waals surface area contributed by atoms with Gasteiger partial charge in [0.1, 0.15) is 5.60 Å². The van der Waals surface area contributed by atoms with Crippen molar-refractivity contribution in [3.05, 3.63) is 35.4 Å². The summed E-state index contributed by atoms with van der Waals surface area (Å²) >= 11 is 0. The minimum absolute atomic E-state index is 0.208. The first-order valence-corrected chi connectivity index (χ1v) is 6.32. The standard InChI is InChI=1S/C13H9F9O2/c14-11(15,16)8-3-1-2-7(4-8)10(6-24-10)5-23-9(12(17,18)19)13(20,21)22/h1-4,9H,5-6H2. The van der Waals surface area contributed by atoms with Crippen LogP contribution in [0.4, 0.5) is 39.5 Å². The zero-order valence-corrected chi connectivity index (χ0v) is 11.5. The van der Waals surface area contributed by atoms with Gasteiger partial charge in [-0.25, -0.2) is 0 Å². The van der Waals surface area contributed by atoms with Crippen LogP contribution >= 0.6 is 0 Å². The average molecular weight is 368 g/mol. The second kappa shape index (κ2) is 5.80. The third-order valence-electron chi connectivity index (χ3n) is 3.29. The Morgan fingerprint density at radius 1 is 1.00 bits per heavy atom. The molecule has 1 aliphatic rings. The maximum absolute atomic E-state index is 12.6. The molecule has 2 rings (SSSR count). The van der Waals surface area contributed by atoms with Crippen molar-refractivity contribution < 1.29 is 49.0 Å². The first kappa shape index (κ1) is 18.8. The molecule has 0 radical (unpaired) electrons. The molecule has 24 heavy (non-hydrogen) atoms. The maximum atomic E-state index is 12.6. The Morgan fingerprint density at radius 3 is 1.96 bits per heavy atom. The molecule has 1 fully saturated rings. The van der Waals surface area contributed by atoms with E-state index in [-0.39, 0.29) is 12.2 Å². The normalized spacial score (nSPS) is 22.1. The highest BCUT2D eigenvalue weighted by Crippen LogP contribution is 2.43. The molecule has 11 heteroatoms. The van der Waals surface area contributed by atoms with Crippen molar-refractivity contribution in [3.8, 4) is 0 Å². The summed E-state index contributed by atoms with van der Waals surface area (Å²) in [5, 5.41) is 0. The number of hydrogen-bond donors (Lipinski definition) is 0. The molecule has 0 amide bonds. The van der Waals surface area contributed by atoms with Gasteiger partial charge in [0.2, 0.25) is 6.10 Å². The van der Waals surface area contributed by atoms with E-state index in [0.717, 1.165) is 12.1 Å². The number of rotatable bonds is 4. The van der Waals surface area contributed by atoms with Gasteiger partial charge in [0.15, 0.2) is 0 Å². The van der Waals surface area contributed by atoms with E-state index in [0.29, 0.717) is 12.1 Å². The van der Waals surface area contributed by atoms with Crippen LogP contribution in [0.1, 0.15) is 11.1 Å². The van der Waals surface area contributed by atoms with Gasteiger partial charge >= 0.3 is 18.5 Å². The topological polar surface area (TPSA) is 21.8 Å². The summed E-state index contributed by atoms with van der Waals surface area (Å²) in [7, 11) is 0. The predicted molar refractivity (Wildman–Crippen MR) is 60.9 cm³/mol. The first-order valence-electron chi connectivity index (χ1n) is 6.32. The first-order chi connectivity index (χ1) is 10.8. The summed E-state index contributed by atoms with van der Waals surface area (Å²) in [5.74, 6) is 0. The zero-order chi connectivity index (χ0) is 18.4. The number of ether oxygens (including phenoxy) is 2. The van der Waals surface area contributed by atoms with Crippen LogP contribution < -0.4 is 0 Å². The van der Waals surface area contributed by atoms with Crippen molar-refractivity contribution in [3.63, 3.8) is 0 Å². The lowest BCUT2D eigenvalue weighted by molar-refractivity contribution is -0.324. The van der Waals surface area contributed by atoms with Gasteiger partial charge in [-0.2, -0.15) is 39.5 Å². The quantitative estimate of drug-likeness (QED) is 0.579. The number of epoxide rings is 1. The van der Waals surface area contributed by atoms with Crippen molar-refractivity contribution in [1.82, 2.24) is 0 Å². The molecule has 0 saturated carbocycles. The predicted octanol–water partition coefficient (Wildman–Crippen LogP) is 4.44. The minimum Gasteiger partial charge on any atom is -0.362 e. The lowest BCUT2D eigenvalue weighted by Crippen LogP contribution is -2.45. The maximum Gasteiger partial charge on any atom is 0.423 e. The van der Waals surface area contributed by atoms with E-state index < -0.39 is 42.4 Å². The Labute approximate surface area is 129 Å². The molecule has 1 aromatic carbocycles. The van der Waals surface area contributed by atoms with Crippen LogP contribution in [0, 0.1) is 0 Å². The largest absolute Gasteiger partial charge is 0.423 e.